The fourth-order valence-electron chi connectivity index (χ4n) is 3.57. The molecule has 1 aliphatic carbocycles. The highest BCUT2D eigenvalue weighted by atomic mass is 16.5. The standard InChI is InChI=1S/C21H24N2O5/c1-13(23-19(25)16-10-6-7-11-17(16)20(23)26)21(27)28-14(2)18(24)22-12-15-8-4-3-5-9-15/h3-9,13-14,16-17H,10-12H2,1-2H3,(H,22,24)/t13-,14-,16-,17-/m0/s1. The summed E-state index contributed by atoms with van der Waals surface area (Å²) in [6.45, 7) is 3.23. The summed E-state index contributed by atoms with van der Waals surface area (Å²) in [4.78, 5) is 50.8. The third-order valence-corrected chi connectivity index (χ3v) is 5.24. The van der Waals surface area contributed by atoms with Crippen LogP contribution in [-0.4, -0.2) is 40.7 Å². The van der Waals surface area contributed by atoms with Gasteiger partial charge in [0, 0.05) is 6.54 Å². The Bertz CT molecular complexity index is 778. The lowest BCUT2D eigenvalue weighted by Gasteiger charge is -2.23. The van der Waals surface area contributed by atoms with Crippen molar-refractivity contribution < 1.29 is 23.9 Å². The zero-order chi connectivity index (χ0) is 20.3. The molecule has 0 spiro atoms. The average Bonchev–Trinajstić information content (AvgIpc) is 2.97. The summed E-state index contributed by atoms with van der Waals surface area (Å²) in [5.41, 5.74) is 0.923. The number of fused-ring (bicyclic) bond motifs is 1. The number of carbonyl (C=O) groups excluding carboxylic acids is 4. The summed E-state index contributed by atoms with van der Waals surface area (Å²) in [5, 5.41) is 2.70. The number of ether oxygens (including phenoxy) is 1. The third kappa shape index (κ3) is 3.98. The summed E-state index contributed by atoms with van der Waals surface area (Å²) in [6.07, 6.45) is 3.75. The number of likely N-dealkylation sites (tertiary alicyclic amines) is 1. The van der Waals surface area contributed by atoms with Crippen molar-refractivity contribution >= 4 is 23.7 Å². The van der Waals surface area contributed by atoms with Crippen molar-refractivity contribution in [2.24, 2.45) is 11.8 Å². The molecule has 7 nitrogen and oxygen atoms in total. The number of amides is 3. The Kier molecular flexibility index (Phi) is 5.92. The van der Waals surface area contributed by atoms with Crippen LogP contribution in [0.15, 0.2) is 42.5 Å². The number of esters is 1. The number of imide groups is 1. The van der Waals surface area contributed by atoms with E-state index >= 15 is 0 Å². The van der Waals surface area contributed by atoms with Crippen LogP contribution >= 0.6 is 0 Å². The molecule has 2 aliphatic rings. The van der Waals surface area contributed by atoms with E-state index in [1.165, 1.54) is 13.8 Å². The first kappa shape index (κ1) is 19.8. The fraction of sp³-hybridized carbons (Fsp3) is 0.429. The number of hydrogen-bond donors (Lipinski definition) is 1. The second-order valence-corrected chi connectivity index (χ2v) is 7.16. The van der Waals surface area contributed by atoms with Crippen molar-refractivity contribution in [3.8, 4) is 0 Å². The molecule has 1 N–H and O–H groups in total. The van der Waals surface area contributed by atoms with Gasteiger partial charge in [0.25, 0.3) is 5.91 Å². The molecular formula is C21H24N2O5. The first-order chi connectivity index (χ1) is 13.4. The Morgan fingerprint density at radius 2 is 1.64 bits per heavy atom. The second-order valence-electron chi connectivity index (χ2n) is 7.16. The molecule has 148 valence electrons. The number of benzene rings is 1. The number of allylic oxidation sites excluding steroid dienone is 2. The summed E-state index contributed by atoms with van der Waals surface area (Å²) in [7, 11) is 0. The van der Waals surface area contributed by atoms with E-state index in [1.54, 1.807) is 0 Å². The minimum Gasteiger partial charge on any atom is -0.451 e. The molecule has 1 saturated heterocycles. The van der Waals surface area contributed by atoms with E-state index in [1.807, 2.05) is 42.5 Å². The minimum absolute atomic E-state index is 0.316. The molecule has 7 heteroatoms. The Balaban J connectivity index is 1.55. The molecular weight excluding hydrogens is 360 g/mol. The molecule has 0 aromatic heterocycles. The second kappa shape index (κ2) is 8.37. The van der Waals surface area contributed by atoms with Crippen molar-refractivity contribution in [2.75, 3.05) is 0 Å². The molecule has 1 aromatic carbocycles. The maximum Gasteiger partial charge on any atom is 0.329 e. The van der Waals surface area contributed by atoms with Crippen LogP contribution in [0, 0.1) is 11.8 Å². The van der Waals surface area contributed by atoms with E-state index in [0.29, 0.717) is 19.4 Å². The number of carbonyl (C=O) groups is 4. The smallest absolute Gasteiger partial charge is 0.329 e. The topological polar surface area (TPSA) is 92.8 Å². The van der Waals surface area contributed by atoms with Gasteiger partial charge in [-0.1, -0.05) is 42.5 Å². The molecule has 1 aromatic rings. The molecule has 1 fully saturated rings. The predicted molar refractivity (Wildman–Crippen MR) is 101 cm³/mol. The highest BCUT2D eigenvalue weighted by Gasteiger charge is 2.50. The van der Waals surface area contributed by atoms with Crippen molar-refractivity contribution in [1.82, 2.24) is 10.2 Å². The Morgan fingerprint density at radius 1 is 1.07 bits per heavy atom. The van der Waals surface area contributed by atoms with Gasteiger partial charge >= 0.3 is 5.97 Å². The van der Waals surface area contributed by atoms with E-state index in [9.17, 15) is 19.2 Å². The van der Waals surface area contributed by atoms with Crippen LogP contribution in [0.2, 0.25) is 0 Å². The molecule has 1 aliphatic heterocycles. The maximum absolute atomic E-state index is 12.6. The van der Waals surface area contributed by atoms with Gasteiger partial charge in [0.15, 0.2) is 6.10 Å². The van der Waals surface area contributed by atoms with Gasteiger partial charge in [-0.15, -0.1) is 0 Å². The van der Waals surface area contributed by atoms with Crippen LogP contribution in [0.4, 0.5) is 0 Å². The van der Waals surface area contributed by atoms with Gasteiger partial charge in [0.1, 0.15) is 6.04 Å². The molecule has 1 heterocycles. The predicted octanol–water partition coefficient (Wildman–Crippen LogP) is 1.57. The highest BCUT2D eigenvalue weighted by Crippen LogP contribution is 2.36. The van der Waals surface area contributed by atoms with Crippen LogP contribution in [0.5, 0.6) is 0 Å². The monoisotopic (exact) mass is 384 g/mol. The van der Waals surface area contributed by atoms with Crippen molar-refractivity contribution in [1.29, 1.82) is 0 Å². The summed E-state index contributed by atoms with van der Waals surface area (Å²) < 4.78 is 5.21. The van der Waals surface area contributed by atoms with Gasteiger partial charge < -0.3 is 10.1 Å². The van der Waals surface area contributed by atoms with Crippen molar-refractivity contribution in [3.05, 3.63) is 48.0 Å². The molecule has 4 atom stereocenters. The van der Waals surface area contributed by atoms with Gasteiger partial charge in [-0.25, -0.2) is 4.79 Å². The molecule has 28 heavy (non-hydrogen) atoms. The van der Waals surface area contributed by atoms with Crippen LogP contribution in [-0.2, 0) is 30.5 Å². The normalized spacial score (nSPS) is 23.1. The first-order valence-electron chi connectivity index (χ1n) is 9.44. The number of nitrogens with one attached hydrogen (secondary N) is 1. The molecule has 0 radical (unpaired) electrons. The number of nitrogens with zero attached hydrogens (tertiary/aromatic N) is 1. The Labute approximate surface area is 163 Å². The van der Waals surface area contributed by atoms with E-state index in [0.717, 1.165) is 10.5 Å². The first-order valence-corrected chi connectivity index (χ1v) is 9.44. The van der Waals surface area contributed by atoms with E-state index < -0.39 is 35.9 Å². The van der Waals surface area contributed by atoms with Gasteiger partial charge in [0.05, 0.1) is 11.8 Å². The lowest BCUT2D eigenvalue weighted by Crippen LogP contribution is -2.46. The van der Waals surface area contributed by atoms with Crippen LogP contribution in [0.25, 0.3) is 0 Å². The lowest BCUT2D eigenvalue weighted by molar-refractivity contribution is -0.164. The van der Waals surface area contributed by atoms with E-state index in [-0.39, 0.29) is 11.8 Å². The van der Waals surface area contributed by atoms with Crippen LogP contribution in [0.1, 0.15) is 32.3 Å². The molecule has 0 bridgehead atoms. The zero-order valence-electron chi connectivity index (χ0n) is 16.0. The van der Waals surface area contributed by atoms with Crippen molar-refractivity contribution in [2.45, 2.75) is 45.4 Å². The number of hydrogen-bond acceptors (Lipinski definition) is 5. The average molecular weight is 384 g/mol. The molecule has 3 rings (SSSR count). The van der Waals surface area contributed by atoms with E-state index in [2.05, 4.69) is 5.32 Å². The summed E-state index contributed by atoms with van der Waals surface area (Å²) >= 11 is 0. The lowest BCUT2D eigenvalue weighted by atomic mass is 9.85. The third-order valence-electron chi connectivity index (χ3n) is 5.24. The van der Waals surface area contributed by atoms with Gasteiger partial charge in [0.2, 0.25) is 11.8 Å². The fourth-order valence-corrected chi connectivity index (χ4v) is 3.57. The quantitative estimate of drug-likeness (QED) is 0.457. The van der Waals surface area contributed by atoms with E-state index in [4.69, 9.17) is 4.74 Å². The minimum atomic E-state index is -1.06. The maximum atomic E-state index is 12.6. The molecule has 0 saturated carbocycles. The van der Waals surface area contributed by atoms with Crippen molar-refractivity contribution in [3.63, 3.8) is 0 Å². The van der Waals surface area contributed by atoms with Crippen LogP contribution in [0.3, 0.4) is 0 Å². The molecule has 3 amide bonds. The zero-order valence-corrected chi connectivity index (χ0v) is 16.0. The van der Waals surface area contributed by atoms with Gasteiger partial charge in [-0.05, 0) is 32.3 Å². The summed E-state index contributed by atoms with van der Waals surface area (Å²) in [5.74, 6) is -2.70. The van der Waals surface area contributed by atoms with Crippen LogP contribution < -0.4 is 5.32 Å². The number of rotatable bonds is 6. The van der Waals surface area contributed by atoms with Gasteiger partial charge in [-0.3, -0.25) is 19.3 Å². The Hall–Kier alpha value is -2.96. The Morgan fingerprint density at radius 3 is 2.21 bits per heavy atom. The summed E-state index contributed by atoms with van der Waals surface area (Å²) in [6, 6.07) is 8.29. The largest absolute Gasteiger partial charge is 0.451 e. The van der Waals surface area contributed by atoms with Gasteiger partial charge in [-0.2, -0.15) is 0 Å². The molecule has 0 unspecified atom stereocenters. The highest BCUT2D eigenvalue weighted by molar-refractivity contribution is 6.08. The SMILES string of the molecule is C[C@H](OC(=O)[C@H](C)N1C(=O)[C@H]2CC=CC[C@@H]2C1=O)C(=O)NCc1ccccc1.